The number of hydrogen-bond acceptors (Lipinski definition) is 6. The number of aliphatic carboxylic acids is 1. The second-order valence-corrected chi connectivity index (χ2v) is 8.47. The molecule has 1 saturated heterocycles. The molecule has 1 fully saturated rings. The van der Waals surface area contributed by atoms with Gasteiger partial charge in [-0.3, -0.25) is 9.59 Å². The van der Waals surface area contributed by atoms with E-state index in [9.17, 15) is 9.59 Å². The molecule has 0 aliphatic carbocycles. The Morgan fingerprint density at radius 1 is 1.52 bits per heavy atom. The predicted octanol–water partition coefficient (Wildman–Crippen LogP) is 3.63. The lowest BCUT2D eigenvalue weighted by atomic mass is 9.96. The first kappa shape index (κ1) is 16.4. The first-order chi connectivity index (χ1) is 11.0. The van der Waals surface area contributed by atoms with E-state index in [1.54, 1.807) is 32.9 Å². The van der Waals surface area contributed by atoms with Crippen molar-refractivity contribution in [3.8, 4) is 0 Å². The van der Waals surface area contributed by atoms with E-state index in [-0.39, 0.29) is 18.5 Å². The number of β-lactam (4-membered cyclic amide) rings is 1. The minimum atomic E-state index is -0.979. The minimum Gasteiger partial charge on any atom is -0.480 e. The average Bonchev–Trinajstić information content (AvgIpc) is 2.92. The molecule has 3 rings (SSSR count). The van der Waals surface area contributed by atoms with E-state index in [4.69, 9.17) is 5.11 Å². The third kappa shape index (κ3) is 3.70. The molecule has 1 aliphatic heterocycles. The molecular weight excluding hydrogens is 352 g/mol. The third-order valence-electron chi connectivity index (χ3n) is 3.52. The number of aromatic nitrogens is 1. The van der Waals surface area contributed by atoms with Gasteiger partial charge in [0.25, 0.3) is 0 Å². The van der Waals surface area contributed by atoms with Gasteiger partial charge in [0.2, 0.25) is 5.91 Å². The van der Waals surface area contributed by atoms with E-state index in [1.807, 2.05) is 36.6 Å². The second kappa shape index (κ2) is 6.94. The van der Waals surface area contributed by atoms with Crippen LogP contribution in [0.1, 0.15) is 13.3 Å². The van der Waals surface area contributed by atoms with Crippen LogP contribution in [-0.4, -0.2) is 39.5 Å². The number of carbonyl (C=O) groups excluding carboxylic acids is 1. The highest BCUT2D eigenvalue weighted by molar-refractivity contribution is 8.78. The molecular formula is C15H14N2O3S3. The number of likely N-dealkylation sites (tertiary alicyclic amines) is 1. The van der Waals surface area contributed by atoms with Crippen LogP contribution in [0.5, 0.6) is 0 Å². The molecule has 1 amide bonds. The van der Waals surface area contributed by atoms with Crippen molar-refractivity contribution < 1.29 is 14.7 Å². The summed E-state index contributed by atoms with van der Waals surface area (Å²) in [5, 5.41) is 10.8. The summed E-state index contributed by atoms with van der Waals surface area (Å²) in [6.07, 6.45) is 0.391. The molecule has 0 spiro atoms. The van der Waals surface area contributed by atoms with Gasteiger partial charge in [-0.15, -0.1) is 11.3 Å². The van der Waals surface area contributed by atoms with Gasteiger partial charge >= 0.3 is 5.97 Å². The summed E-state index contributed by atoms with van der Waals surface area (Å²) in [7, 11) is 3.12. The fourth-order valence-electron chi connectivity index (χ4n) is 2.31. The van der Waals surface area contributed by atoms with E-state index in [0.717, 1.165) is 20.1 Å². The fraction of sp³-hybridized carbons (Fsp3) is 0.267. The van der Waals surface area contributed by atoms with Crippen LogP contribution in [0.4, 0.5) is 0 Å². The summed E-state index contributed by atoms with van der Waals surface area (Å²) in [5.41, 5.74) is 2.00. The van der Waals surface area contributed by atoms with Gasteiger partial charge in [-0.1, -0.05) is 22.9 Å². The van der Waals surface area contributed by atoms with Crippen molar-refractivity contribution in [2.75, 3.05) is 6.54 Å². The third-order valence-corrected chi connectivity index (χ3v) is 7.02. The van der Waals surface area contributed by atoms with Gasteiger partial charge in [0, 0.05) is 0 Å². The monoisotopic (exact) mass is 366 g/mol. The van der Waals surface area contributed by atoms with Gasteiger partial charge in [-0.25, -0.2) is 4.98 Å². The number of rotatable bonds is 6. The van der Waals surface area contributed by atoms with Crippen LogP contribution < -0.4 is 0 Å². The summed E-state index contributed by atoms with van der Waals surface area (Å²) < 4.78 is 2.14. The average molecular weight is 366 g/mol. The second-order valence-electron chi connectivity index (χ2n) is 5.12. The predicted molar refractivity (Wildman–Crippen MR) is 94.6 cm³/mol. The van der Waals surface area contributed by atoms with Gasteiger partial charge in [-0.05, 0) is 40.8 Å². The quantitative estimate of drug-likeness (QED) is 0.622. The maximum Gasteiger partial charge on any atom is 0.323 e. The fourth-order valence-corrected chi connectivity index (χ4v) is 5.61. The minimum absolute atomic E-state index is 0.0953. The summed E-state index contributed by atoms with van der Waals surface area (Å²) in [6, 6.07) is 7.91. The molecule has 0 radical (unpaired) electrons. The van der Waals surface area contributed by atoms with E-state index >= 15 is 0 Å². The topological polar surface area (TPSA) is 70.5 Å². The van der Waals surface area contributed by atoms with Gasteiger partial charge in [-0.2, -0.15) is 0 Å². The number of para-hydroxylation sites is 1. The molecule has 1 N–H and O–H groups in total. The SMILES string of the molecule is CC(=CSSc1nc2ccccc2s1)C1CC(=O)N1CC(=O)O. The number of amides is 1. The Hall–Kier alpha value is -1.51. The number of benzene rings is 1. The smallest absolute Gasteiger partial charge is 0.323 e. The molecule has 2 heterocycles. The van der Waals surface area contributed by atoms with Crippen LogP contribution in [0.25, 0.3) is 10.2 Å². The van der Waals surface area contributed by atoms with Crippen molar-refractivity contribution in [2.24, 2.45) is 0 Å². The van der Waals surface area contributed by atoms with Crippen LogP contribution in [0.15, 0.2) is 39.6 Å². The van der Waals surface area contributed by atoms with Crippen molar-refractivity contribution in [3.05, 3.63) is 35.2 Å². The Labute approximate surface area is 145 Å². The van der Waals surface area contributed by atoms with Gasteiger partial charge in [0.1, 0.15) is 6.54 Å². The number of hydrogen-bond donors (Lipinski definition) is 1. The highest BCUT2D eigenvalue weighted by Crippen LogP contribution is 2.38. The van der Waals surface area contributed by atoms with Crippen LogP contribution in [0, 0.1) is 0 Å². The van der Waals surface area contributed by atoms with E-state index in [0.29, 0.717) is 6.42 Å². The van der Waals surface area contributed by atoms with Crippen molar-refractivity contribution >= 4 is 55.0 Å². The maximum atomic E-state index is 11.5. The maximum absolute atomic E-state index is 11.5. The normalized spacial score (nSPS) is 18.3. The standard InChI is InChI=1S/C15H14N2O3S3/c1-9(11-6-13(18)17(11)7-14(19)20)8-21-23-15-16-10-4-2-3-5-12(10)22-15/h2-5,8,11H,6-7H2,1H3,(H,19,20). The molecule has 0 bridgehead atoms. The Kier molecular flexibility index (Phi) is 4.93. The zero-order valence-corrected chi connectivity index (χ0v) is 14.7. The molecule has 8 heteroatoms. The first-order valence-electron chi connectivity index (χ1n) is 6.91. The van der Waals surface area contributed by atoms with Crippen LogP contribution >= 0.6 is 32.9 Å². The lowest BCUT2D eigenvalue weighted by Crippen LogP contribution is -2.54. The Morgan fingerprint density at radius 3 is 3.00 bits per heavy atom. The zero-order valence-electron chi connectivity index (χ0n) is 12.3. The van der Waals surface area contributed by atoms with Crippen LogP contribution in [0.2, 0.25) is 0 Å². The molecule has 0 saturated carbocycles. The molecule has 23 heavy (non-hydrogen) atoms. The van der Waals surface area contributed by atoms with E-state index in [2.05, 4.69) is 4.98 Å². The number of nitrogens with zero attached hydrogens (tertiary/aromatic N) is 2. The Balaban J connectivity index is 1.59. The summed E-state index contributed by atoms with van der Waals surface area (Å²) in [6.45, 7) is 1.70. The van der Waals surface area contributed by atoms with Gasteiger partial charge in [0.15, 0.2) is 4.34 Å². The molecule has 1 unspecified atom stereocenters. The molecule has 5 nitrogen and oxygen atoms in total. The van der Waals surface area contributed by atoms with Crippen molar-refractivity contribution in [2.45, 2.75) is 23.7 Å². The van der Waals surface area contributed by atoms with Crippen molar-refractivity contribution in [1.29, 1.82) is 0 Å². The van der Waals surface area contributed by atoms with Gasteiger partial charge in [0.05, 0.1) is 22.7 Å². The highest BCUT2D eigenvalue weighted by atomic mass is 33.1. The molecule has 1 aromatic heterocycles. The Morgan fingerprint density at radius 2 is 2.30 bits per heavy atom. The molecule has 2 aromatic rings. The number of thiazole rings is 1. The number of carboxylic acids is 1. The van der Waals surface area contributed by atoms with Crippen LogP contribution in [0.3, 0.4) is 0 Å². The zero-order chi connectivity index (χ0) is 16.4. The number of fused-ring (bicyclic) bond motifs is 1. The molecule has 1 aliphatic rings. The van der Waals surface area contributed by atoms with Crippen LogP contribution in [-0.2, 0) is 9.59 Å². The van der Waals surface area contributed by atoms with Gasteiger partial charge < -0.3 is 10.0 Å². The molecule has 1 atom stereocenters. The summed E-state index contributed by atoms with van der Waals surface area (Å²) in [5.74, 6) is -1.08. The van der Waals surface area contributed by atoms with E-state index < -0.39 is 5.97 Å². The largest absolute Gasteiger partial charge is 0.480 e. The molecule has 1 aromatic carbocycles. The highest BCUT2D eigenvalue weighted by Gasteiger charge is 2.37. The summed E-state index contributed by atoms with van der Waals surface area (Å²) >= 11 is 1.65. The molecule has 120 valence electrons. The lowest BCUT2D eigenvalue weighted by molar-refractivity contribution is -0.153. The van der Waals surface area contributed by atoms with Crippen molar-refractivity contribution in [3.63, 3.8) is 0 Å². The first-order valence-corrected chi connectivity index (χ1v) is 9.94. The van der Waals surface area contributed by atoms with E-state index in [1.165, 1.54) is 4.90 Å². The van der Waals surface area contributed by atoms with Crippen molar-refractivity contribution in [1.82, 2.24) is 9.88 Å². The summed E-state index contributed by atoms with van der Waals surface area (Å²) in [4.78, 5) is 28.2. The Bertz CT molecular complexity index is 754. The lowest BCUT2D eigenvalue weighted by Gasteiger charge is -2.40. The number of carboxylic acid groups (broad SMARTS) is 1. The number of carbonyl (C=O) groups is 2.